The summed E-state index contributed by atoms with van der Waals surface area (Å²) in [5.41, 5.74) is 2.91. The number of amides is 1. The van der Waals surface area contributed by atoms with Crippen molar-refractivity contribution in [2.24, 2.45) is 4.99 Å². The number of aryl methyl sites for hydroxylation is 1. The van der Waals surface area contributed by atoms with Crippen LogP contribution in [0.3, 0.4) is 0 Å². The summed E-state index contributed by atoms with van der Waals surface area (Å²) < 4.78 is 26.8. The average Bonchev–Trinajstić information content (AvgIpc) is 2.98. The molecule has 3 aromatic rings. The van der Waals surface area contributed by atoms with Crippen LogP contribution in [-0.2, 0) is 27.6 Å². The maximum Gasteiger partial charge on any atom is 0.252 e. The molecule has 0 spiro atoms. The maximum atomic E-state index is 12.5. The van der Waals surface area contributed by atoms with Crippen molar-refractivity contribution in [1.82, 2.24) is 4.57 Å². The van der Waals surface area contributed by atoms with Crippen LogP contribution in [0.4, 0.5) is 0 Å². The lowest BCUT2D eigenvalue weighted by molar-refractivity contribution is -0.117. The van der Waals surface area contributed by atoms with Gasteiger partial charge in [-0.05, 0) is 42.3 Å². The number of fused-ring (bicyclic) bond motifs is 1. The smallest absolute Gasteiger partial charge is 0.252 e. The predicted octanol–water partition coefficient (Wildman–Crippen LogP) is 3.66. The Bertz CT molecular complexity index is 1200. The van der Waals surface area contributed by atoms with Crippen LogP contribution >= 0.6 is 11.3 Å². The van der Waals surface area contributed by atoms with Gasteiger partial charge in [-0.25, -0.2) is 8.42 Å². The van der Waals surface area contributed by atoms with Crippen molar-refractivity contribution in [2.45, 2.75) is 31.7 Å². The highest BCUT2D eigenvalue weighted by molar-refractivity contribution is 7.91. The molecule has 0 aliphatic rings. The molecular weight excluding hydrogens is 392 g/mol. The third kappa shape index (κ3) is 4.31. The fourth-order valence-corrected chi connectivity index (χ4v) is 4.91. The van der Waals surface area contributed by atoms with Crippen molar-refractivity contribution >= 4 is 37.3 Å². The molecule has 0 aliphatic carbocycles. The molecule has 0 aliphatic heterocycles. The molecule has 5 nitrogen and oxygen atoms in total. The Morgan fingerprint density at radius 1 is 1.21 bits per heavy atom. The maximum absolute atomic E-state index is 12.5. The molecule has 3 rings (SSSR count). The molecule has 146 valence electrons. The lowest BCUT2D eigenvalue weighted by Gasteiger charge is -2.03. The van der Waals surface area contributed by atoms with E-state index in [1.165, 1.54) is 11.3 Å². The Labute approximate surface area is 168 Å². The number of aromatic nitrogens is 1. The number of sulfone groups is 1. The highest BCUT2D eigenvalue weighted by atomic mass is 32.2. The van der Waals surface area contributed by atoms with Crippen LogP contribution in [0.1, 0.15) is 18.1 Å². The number of thiazole rings is 1. The van der Waals surface area contributed by atoms with Crippen molar-refractivity contribution in [1.29, 1.82) is 0 Å². The molecule has 1 aromatic heterocycles. The molecule has 1 amide bonds. The van der Waals surface area contributed by atoms with E-state index in [1.54, 1.807) is 37.3 Å². The van der Waals surface area contributed by atoms with Gasteiger partial charge in [0, 0.05) is 6.54 Å². The fraction of sp³-hybridized carbons (Fsp3) is 0.238. The van der Waals surface area contributed by atoms with E-state index >= 15 is 0 Å². The molecule has 0 saturated heterocycles. The monoisotopic (exact) mass is 414 g/mol. The van der Waals surface area contributed by atoms with Gasteiger partial charge in [-0.2, -0.15) is 4.99 Å². The van der Waals surface area contributed by atoms with E-state index < -0.39 is 9.84 Å². The largest absolute Gasteiger partial charge is 0.313 e. The third-order valence-corrected chi connectivity index (χ3v) is 7.18. The Morgan fingerprint density at radius 3 is 2.57 bits per heavy atom. The number of benzene rings is 2. The molecule has 1 heterocycles. The Morgan fingerprint density at radius 2 is 1.93 bits per heavy atom. The summed E-state index contributed by atoms with van der Waals surface area (Å²) in [4.78, 5) is 17.7. The predicted molar refractivity (Wildman–Crippen MR) is 113 cm³/mol. The summed E-state index contributed by atoms with van der Waals surface area (Å²) in [5.74, 6) is -0.220. The van der Waals surface area contributed by atoms with Crippen LogP contribution in [-0.4, -0.2) is 24.6 Å². The van der Waals surface area contributed by atoms with Gasteiger partial charge >= 0.3 is 0 Å². The Kier molecular flexibility index (Phi) is 5.96. The van der Waals surface area contributed by atoms with E-state index in [0.29, 0.717) is 11.3 Å². The SMILES string of the molecule is C=CCn1c(=NC(=O)Cc2ccc(S(=O)(=O)CC)cc2)sc2cc(C)ccc21. The second kappa shape index (κ2) is 8.24. The Balaban J connectivity index is 1.90. The molecular formula is C21H22N2O3S2. The first-order chi connectivity index (χ1) is 13.3. The highest BCUT2D eigenvalue weighted by Crippen LogP contribution is 2.19. The van der Waals surface area contributed by atoms with Crippen LogP contribution in [0.15, 0.2) is 65.0 Å². The average molecular weight is 415 g/mol. The Hall–Kier alpha value is -2.51. The fourth-order valence-electron chi connectivity index (χ4n) is 2.87. The molecule has 0 atom stereocenters. The number of nitrogens with zero attached hydrogens (tertiary/aromatic N) is 2. The van der Waals surface area contributed by atoms with Crippen LogP contribution in [0, 0.1) is 6.92 Å². The van der Waals surface area contributed by atoms with Gasteiger partial charge in [-0.15, -0.1) is 6.58 Å². The minimum absolute atomic E-state index is 0.0509. The zero-order valence-electron chi connectivity index (χ0n) is 15.9. The van der Waals surface area contributed by atoms with Crippen LogP contribution in [0.5, 0.6) is 0 Å². The van der Waals surface area contributed by atoms with Crippen molar-refractivity contribution < 1.29 is 13.2 Å². The second-order valence-corrected chi connectivity index (χ2v) is 9.77. The van der Waals surface area contributed by atoms with Gasteiger partial charge in [0.2, 0.25) is 0 Å². The summed E-state index contributed by atoms with van der Waals surface area (Å²) in [6.07, 6.45) is 1.90. The van der Waals surface area contributed by atoms with E-state index in [-0.39, 0.29) is 23.0 Å². The zero-order chi connectivity index (χ0) is 20.3. The molecule has 0 fully saturated rings. The van der Waals surface area contributed by atoms with E-state index in [4.69, 9.17) is 0 Å². The number of carbonyl (C=O) groups is 1. The number of carbonyl (C=O) groups excluding carboxylic acids is 1. The minimum Gasteiger partial charge on any atom is -0.313 e. The quantitative estimate of drug-likeness (QED) is 0.578. The normalized spacial score (nSPS) is 12.4. The van der Waals surface area contributed by atoms with Crippen LogP contribution < -0.4 is 4.80 Å². The number of rotatable bonds is 6. The van der Waals surface area contributed by atoms with E-state index in [0.717, 1.165) is 21.3 Å². The van der Waals surface area contributed by atoms with Gasteiger partial charge in [-0.1, -0.05) is 42.5 Å². The lowest BCUT2D eigenvalue weighted by Crippen LogP contribution is -2.17. The molecule has 28 heavy (non-hydrogen) atoms. The van der Waals surface area contributed by atoms with Gasteiger partial charge in [-0.3, -0.25) is 4.79 Å². The van der Waals surface area contributed by atoms with Crippen molar-refractivity contribution in [3.05, 3.63) is 71.0 Å². The van der Waals surface area contributed by atoms with Crippen LogP contribution in [0.2, 0.25) is 0 Å². The van der Waals surface area contributed by atoms with Gasteiger partial charge in [0.05, 0.1) is 27.3 Å². The number of hydrogen-bond acceptors (Lipinski definition) is 4. The first kappa shape index (κ1) is 20.2. The molecule has 0 radical (unpaired) electrons. The first-order valence-electron chi connectivity index (χ1n) is 8.94. The summed E-state index contributed by atoms with van der Waals surface area (Å²) in [6, 6.07) is 12.6. The molecule has 0 saturated carbocycles. The summed E-state index contributed by atoms with van der Waals surface area (Å²) in [6.45, 7) is 8.00. The van der Waals surface area contributed by atoms with Gasteiger partial charge in [0.15, 0.2) is 14.6 Å². The highest BCUT2D eigenvalue weighted by Gasteiger charge is 2.12. The summed E-state index contributed by atoms with van der Waals surface area (Å²) in [5, 5.41) is 0. The van der Waals surface area contributed by atoms with Crippen molar-refractivity contribution in [2.75, 3.05) is 5.75 Å². The summed E-state index contributed by atoms with van der Waals surface area (Å²) in [7, 11) is -3.24. The van der Waals surface area contributed by atoms with E-state index in [1.807, 2.05) is 23.6 Å². The van der Waals surface area contributed by atoms with E-state index in [2.05, 4.69) is 17.6 Å². The zero-order valence-corrected chi connectivity index (χ0v) is 17.5. The molecule has 7 heteroatoms. The molecule has 0 N–H and O–H groups in total. The van der Waals surface area contributed by atoms with Gasteiger partial charge in [0.1, 0.15) is 0 Å². The lowest BCUT2D eigenvalue weighted by atomic mass is 10.1. The molecule has 2 aromatic carbocycles. The van der Waals surface area contributed by atoms with Crippen LogP contribution in [0.25, 0.3) is 10.2 Å². The molecule has 0 unspecified atom stereocenters. The standard InChI is InChI=1S/C21H22N2O3S2/c1-4-12-23-18-11-6-15(3)13-19(18)27-21(23)22-20(24)14-16-7-9-17(10-8-16)28(25,26)5-2/h4,6-11,13H,1,5,12,14H2,2-3H3. The number of hydrogen-bond donors (Lipinski definition) is 0. The first-order valence-corrected chi connectivity index (χ1v) is 11.4. The van der Waals surface area contributed by atoms with Crippen molar-refractivity contribution in [3.63, 3.8) is 0 Å². The minimum atomic E-state index is -3.24. The van der Waals surface area contributed by atoms with E-state index in [9.17, 15) is 13.2 Å². The second-order valence-electron chi connectivity index (χ2n) is 6.48. The number of allylic oxidation sites excluding steroid dienone is 1. The topological polar surface area (TPSA) is 68.5 Å². The van der Waals surface area contributed by atoms with Gasteiger partial charge in [0.25, 0.3) is 5.91 Å². The third-order valence-electron chi connectivity index (χ3n) is 4.39. The summed E-state index contributed by atoms with van der Waals surface area (Å²) >= 11 is 1.47. The van der Waals surface area contributed by atoms with Crippen molar-refractivity contribution in [3.8, 4) is 0 Å². The van der Waals surface area contributed by atoms with Gasteiger partial charge < -0.3 is 4.57 Å². The molecule has 0 bridgehead atoms.